The van der Waals surface area contributed by atoms with E-state index < -0.39 is 0 Å². The Labute approximate surface area is 153 Å². The van der Waals surface area contributed by atoms with Gasteiger partial charge >= 0.3 is 0 Å². The Balaban J connectivity index is 1.67. The van der Waals surface area contributed by atoms with E-state index in [1.54, 1.807) is 23.3 Å². The molecule has 0 aliphatic heterocycles. The van der Waals surface area contributed by atoms with E-state index in [4.69, 9.17) is 5.73 Å². The van der Waals surface area contributed by atoms with E-state index >= 15 is 0 Å². The molecule has 0 saturated heterocycles. The molecule has 0 fully saturated rings. The van der Waals surface area contributed by atoms with Crippen LogP contribution in [0.25, 0.3) is 11.1 Å². The fourth-order valence-corrected chi connectivity index (χ4v) is 2.69. The summed E-state index contributed by atoms with van der Waals surface area (Å²) in [6.45, 7) is 6.24. The smallest absolute Gasteiger partial charge is 0.244 e. The first-order valence-corrected chi connectivity index (χ1v) is 8.48. The molecule has 1 amide bonds. The molecule has 134 valence electrons. The van der Waals surface area contributed by atoms with Gasteiger partial charge in [-0.05, 0) is 29.3 Å². The van der Waals surface area contributed by atoms with Crippen LogP contribution in [-0.4, -0.2) is 20.8 Å². The van der Waals surface area contributed by atoms with E-state index in [1.165, 1.54) is 0 Å². The van der Waals surface area contributed by atoms with E-state index in [-0.39, 0.29) is 17.7 Å². The molecule has 0 radical (unpaired) electrons. The van der Waals surface area contributed by atoms with Gasteiger partial charge in [0.1, 0.15) is 5.82 Å². The lowest BCUT2D eigenvalue weighted by Crippen LogP contribution is -2.30. The Morgan fingerprint density at radius 3 is 2.38 bits per heavy atom. The molecule has 3 aromatic rings. The summed E-state index contributed by atoms with van der Waals surface area (Å²) in [5, 5.41) is 4.19. The summed E-state index contributed by atoms with van der Waals surface area (Å²) in [6.07, 6.45) is 3.71. The largest absolute Gasteiger partial charge is 0.384 e. The molecule has 0 spiro atoms. The number of nitrogens with one attached hydrogen (secondary N) is 1. The van der Waals surface area contributed by atoms with Gasteiger partial charge in [-0.25, -0.2) is 10.4 Å². The van der Waals surface area contributed by atoms with Gasteiger partial charge in [0, 0.05) is 17.2 Å². The number of benzene rings is 1. The van der Waals surface area contributed by atoms with Crippen LogP contribution in [-0.2, 0) is 16.6 Å². The number of pyridine rings is 1. The summed E-state index contributed by atoms with van der Waals surface area (Å²) in [7, 11) is 0. The molecule has 0 aliphatic carbocycles. The molecular formula is C20H23N5O. The maximum absolute atomic E-state index is 12.4. The van der Waals surface area contributed by atoms with Crippen LogP contribution in [0.3, 0.4) is 0 Å². The first kappa shape index (κ1) is 17.7. The van der Waals surface area contributed by atoms with Crippen molar-refractivity contribution in [3.8, 4) is 11.1 Å². The summed E-state index contributed by atoms with van der Waals surface area (Å²) in [6, 6.07) is 13.5. The van der Waals surface area contributed by atoms with Gasteiger partial charge in [0.25, 0.3) is 0 Å². The highest BCUT2D eigenvalue weighted by Gasteiger charge is 2.19. The maximum Gasteiger partial charge on any atom is 0.244 e. The minimum atomic E-state index is -0.110. The number of amides is 1. The van der Waals surface area contributed by atoms with Crippen molar-refractivity contribution in [2.75, 3.05) is 11.2 Å². The van der Waals surface area contributed by atoms with Gasteiger partial charge < -0.3 is 5.73 Å². The number of rotatable bonds is 4. The third kappa shape index (κ3) is 4.08. The second kappa shape index (κ2) is 7.00. The molecule has 0 unspecified atom stereocenters. The zero-order chi connectivity index (χ0) is 18.7. The molecule has 26 heavy (non-hydrogen) atoms. The van der Waals surface area contributed by atoms with Gasteiger partial charge in [-0.1, -0.05) is 45.0 Å². The van der Waals surface area contributed by atoms with Crippen LogP contribution in [0.1, 0.15) is 32.0 Å². The van der Waals surface area contributed by atoms with Gasteiger partial charge in [-0.15, -0.1) is 0 Å². The van der Waals surface area contributed by atoms with Crippen molar-refractivity contribution in [2.24, 2.45) is 0 Å². The Morgan fingerprint density at radius 1 is 1.08 bits per heavy atom. The number of hydrogen-bond acceptors (Lipinski definition) is 4. The van der Waals surface area contributed by atoms with Crippen molar-refractivity contribution in [3.63, 3.8) is 0 Å². The molecule has 0 bridgehead atoms. The minimum Gasteiger partial charge on any atom is -0.384 e. The lowest BCUT2D eigenvalue weighted by Gasteiger charge is -2.20. The van der Waals surface area contributed by atoms with Gasteiger partial charge in [0.15, 0.2) is 0 Å². The molecule has 3 rings (SSSR count). The van der Waals surface area contributed by atoms with Crippen molar-refractivity contribution in [1.29, 1.82) is 0 Å². The van der Waals surface area contributed by atoms with Crippen LogP contribution in [0.2, 0.25) is 0 Å². The van der Waals surface area contributed by atoms with Crippen LogP contribution in [0.4, 0.5) is 5.82 Å². The quantitative estimate of drug-likeness (QED) is 0.758. The van der Waals surface area contributed by atoms with E-state index in [2.05, 4.69) is 36.3 Å². The van der Waals surface area contributed by atoms with E-state index in [0.717, 1.165) is 22.4 Å². The maximum atomic E-state index is 12.4. The lowest BCUT2D eigenvalue weighted by atomic mass is 9.92. The van der Waals surface area contributed by atoms with Crippen LogP contribution < -0.4 is 11.2 Å². The van der Waals surface area contributed by atoms with Crippen molar-refractivity contribution < 1.29 is 4.79 Å². The highest BCUT2D eigenvalue weighted by molar-refractivity contribution is 5.85. The number of nitrogens with two attached hydrogens (primary N) is 1. The Kier molecular flexibility index (Phi) is 4.75. The number of aromatic nitrogens is 3. The fraction of sp³-hybridized carbons (Fsp3) is 0.250. The van der Waals surface area contributed by atoms with Crippen molar-refractivity contribution in [2.45, 2.75) is 32.6 Å². The molecule has 2 heterocycles. The molecule has 0 aliphatic rings. The molecule has 1 aromatic carbocycles. The Bertz CT molecular complexity index is 889. The summed E-state index contributed by atoms with van der Waals surface area (Å²) in [5.41, 5.74) is 12.3. The molecule has 2 aromatic heterocycles. The predicted molar refractivity (Wildman–Crippen MR) is 103 cm³/mol. The molecule has 0 atom stereocenters. The number of hydrogen-bond donors (Lipinski definition) is 2. The van der Waals surface area contributed by atoms with Gasteiger partial charge in [-0.2, -0.15) is 9.89 Å². The standard InChI is InChI=1S/C20H23N5O/c1-20(2,3)17-10-11-23-25(17)24-19(26)12-14-4-6-15(7-5-14)16-8-9-18(21)22-13-16/h4-11,13H,12H2,1-3H3,(H2,21,22)(H,24,26). The number of carbonyl (C=O) groups is 1. The molecule has 0 saturated carbocycles. The van der Waals surface area contributed by atoms with Crippen LogP contribution in [0, 0.1) is 0 Å². The summed E-state index contributed by atoms with van der Waals surface area (Å²) in [5.74, 6) is 0.386. The fourth-order valence-electron chi connectivity index (χ4n) is 2.69. The molecular weight excluding hydrogens is 326 g/mol. The third-order valence-corrected chi connectivity index (χ3v) is 4.08. The van der Waals surface area contributed by atoms with Crippen molar-refractivity contribution in [3.05, 3.63) is 66.1 Å². The van der Waals surface area contributed by atoms with Gasteiger partial charge in [0.2, 0.25) is 5.91 Å². The average molecular weight is 349 g/mol. The van der Waals surface area contributed by atoms with E-state index in [9.17, 15) is 4.79 Å². The highest BCUT2D eigenvalue weighted by Crippen LogP contribution is 2.21. The number of carbonyl (C=O) groups excluding carboxylic acids is 1. The first-order chi connectivity index (χ1) is 12.3. The minimum absolute atomic E-state index is 0.0987. The van der Waals surface area contributed by atoms with Crippen molar-refractivity contribution >= 4 is 11.7 Å². The normalized spacial score (nSPS) is 11.3. The highest BCUT2D eigenvalue weighted by atomic mass is 16.2. The Hall–Kier alpha value is -3.15. The lowest BCUT2D eigenvalue weighted by molar-refractivity contribution is -0.116. The zero-order valence-corrected chi connectivity index (χ0v) is 15.2. The van der Waals surface area contributed by atoms with Crippen LogP contribution >= 0.6 is 0 Å². The number of anilines is 1. The second-order valence-electron chi connectivity index (χ2n) is 7.26. The monoisotopic (exact) mass is 349 g/mol. The topological polar surface area (TPSA) is 85.8 Å². The summed E-state index contributed by atoms with van der Waals surface area (Å²) >= 11 is 0. The summed E-state index contributed by atoms with van der Waals surface area (Å²) in [4.78, 5) is 18.0. The zero-order valence-electron chi connectivity index (χ0n) is 15.2. The van der Waals surface area contributed by atoms with Gasteiger partial charge in [-0.3, -0.25) is 4.79 Å². The molecule has 6 heteroatoms. The van der Waals surface area contributed by atoms with Crippen LogP contribution in [0.15, 0.2) is 54.9 Å². The predicted octanol–water partition coefficient (Wildman–Crippen LogP) is 3.14. The summed E-state index contributed by atoms with van der Waals surface area (Å²) < 4.78 is 0. The number of nitrogen functional groups attached to an aromatic ring is 1. The third-order valence-electron chi connectivity index (χ3n) is 4.08. The molecule has 6 nitrogen and oxygen atoms in total. The van der Waals surface area contributed by atoms with E-state index in [0.29, 0.717) is 5.82 Å². The Morgan fingerprint density at radius 2 is 1.77 bits per heavy atom. The second-order valence-corrected chi connectivity index (χ2v) is 7.26. The van der Waals surface area contributed by atoms with Gasteiger partial charge in [0.05, 0.1) is 18.3 Å². The molecule has 3 N–H and O–H groups in total. The number of nitrogens with zero attached hydrogens (tertiary/aromatic N) is 3. The van der Waals surface area contributed by atoms with E-state index in [1.807, 2.05) is 36.4 Å². The SMILES string of the molecule is CC(C)(C)c1ccnn1NC(=O)Cc1ccc(-c2ccc(N)nc2)cc1. The van der Waals surface area contributed by atoms with Crippen molar-refractivity contribution in [1.82, 2.24) is 14.9 Å². The average Bonchev–Trinajstić information content (AvgIpc) is 3.05. The first-order valence-electron chi connectivity index (χ1n) is 8.48. The van der Waals surface area contributed by atoms with Crippen LogP contribution in [0.5, 0.6) is 0 Å².